The first-order valence-corrected chi connectivity index (χ1v) is 3.75. The third kappa shape index (κ3) is 6.40. The average Bonchev–Trinajstić information content (AvgIpc) is 1.59. The van der Waals surface area contributed by atoms with Gasteiger partial charge in [0.1, 0.15) is 6.61 Å². The van der Waals surface area contributed by atoms with Crippen molar-refractivity contribution in [2.24, 2.45) is 5.41 Å². The molecule has 50 valence electrons. The molecule has 0 aromatic heterocycles. The fourth-order valence-corrected chi connectivity index (χ4v) is 0.966. The lowest BCUT2D eigenvalue weighted by Crippen LogP contribution is -2.17. The van der Waals surface area contributed by atoms with E-state index in [1.807, 2.05) is 20.8 Å². The standard InChI is InChI=1S/C5H11BrO2/c1-5(2,3)4-8-6-7/h4H2,1-3H3. The fraction of sp³-hybridized carbons (Fsp3) is 1.00. The highest BCUT2D eigenvalue weighted by molar-refractivity contribution is 4.56. The number of hydrogen-bond acceptors (Lipinski definition) is 2. The van der Waals surface area contributed by atoms with Gasteiger partial charge in [-0.25, -0.2) is 0 Å². The molecule has 0 spiro atoms. The lowest BCUT2D eigenvalue weighted by atomic mass is 9.99. The number of halogens is 1. The van der Waals surface area contributed by atoms with Crippen molar-refractivity contribution in [2.45, 2.75) is 20.8 Å². The van der Waals surface area contributed by atoms with E-state index in [4.69, 9.17) is 0 Å². The van der Waals surface area contributed by atoms with Crippen molar-refractivity contribution in [2.75, 3.05) is 6.61 Å². The summed E-state index contributed by atoms with van der Waals surface area (Å²) in [6.45, 7) is 6.67. The van der Waals surface area contributed by atoms with Crippen molar-refractivity contribution >= 4 is 0 Å². The van der Waals surface area contributed by atoms with Gasteiger partial charge in [-0.15, -0.1) is 3.83 Å². The molecule has 0 aliphatic rings. The first-order chi connectivity index (χ1) is 3.56. The molecule has 0 saturated heterocycles. The molecule has 0 saturated carbocycles. The van der Waals surface area contributed by atoms with Gasteiger partial charge in [-0.1, -0.05) is 20.8 Å². The first kappa shape index (κ1) is 8.40. The first-order valence-electron chi connectivity index (χ1n) is 2.45. The second-order valence-electron chi connectivity index (χ2n) is 2.88. The third-order valence-corrected chi connectivity index (χ3v) is 0.948. The minimum Gasteiger partial charge on any atom is -0.550 e. The van der Waals surface area contributed by atoms with Crippen LogP contribution in [0.1, 0.15) is 20.8 Å². The molecule has 3 heteroatoms. The summed E-state index contributed by atoms with van der Waals surface area (Å²) in [4.78, 5) is 0. The number of hydrogen-bond donors (Lipinski definition) is 0. The van der Waals surface area contributed by atoms with Crippen molar-refractivity contribution in [3.63, 3.8) is 0 Å². The maximum Gasteiger partial charge on any atom is 0.420 e. The molecule has 0 unspecified atom stereocenters. The molecule has 0 bridgehead atoms. The highest BCUT2D eigenvalue weighted by Gasteiger charge is 2.12. The van der Waals surface area contributed by atoms with E-state index in [9.17, 15) is 4.20 Å². The highest BCUT2D eigenvalue weighted by atomic mass is 79.9. The lowest BCUT2D eigenvalue weighted by Gasteiger charge is -2.12. The summed E-state index contributed by atoms with van der Waals surface area (Å²) < 4.78 is 14.5. The second kappa shape index (κ2) is 3.43. The smallest absolute Gasteiger partial charge is 0.420 e. The van der Waals surface area contributed by atoms with Crippen LogP contribution >= 0.6 is 0 Å². The summed E-state index contributed by atoms with van der Waals surface area (Å²) in [5.74, 6) is 0. The van der Waals surface area contributed by atoms with Crippen LogP contribution in [0.4, 0.5) is 0 Å². The quantitative estimate of drug-likeness (QED) is 0.617. The molecule has 0 aliphatic carbocycles. The van der Waals surface area contributed by atoms with Crippen molar-refractivity contribution in [3.05, 3.63) is 0 Å². The highest BCUT2D eigenvalue weighted by Crippen LogP contribution is 2.12. The van der Waals surface area contributed by atoms with E-state index < -0.39 is 15.5 Å². The van der Waals surface area contributed by atoms with Gasteiger partial charge in [0.05, 0.1) is 0 Å². The summed E-state index contributed by atoms with van der Waals surface area (Å²) in [6, 6.07) is 0. The normalized spacial score (nSPS) is 12.0. The zero-order chi connectivity index (χ0) is 6.62. The van der Waals surface area contributed by atoms with Crippen LogP contribution in [0.15, 0.2) is 0 Å². The van der Waals surface area contributed by atoms with Crippen LogP contribution < -0.4 is 4.20 Å². The zero-order valence-corrected chi connectivity index (χ0v) is 6.99. The molecule has 2 nitrogen and oxygen atoms in total. The van der Waals surface area contributed by atoms with E-state index in [1.54, 1.807) is 0 Å². The molecule has 0 heterocycles. The monoisotopic (exact) mass is 182 g/mol. The summed E-state index contributed by atoms with van der Waals surface area (Å²) >= 11 is -0.644. The predicted octanol–water partition coefficient (Wildman–Crippen LogP) is 0.324. The van der Waals surface area contributed by atoms with E-state index in [1.165, 1.54) is 0 Å². The molecule has 0 radical (unpaired) electrons. The van der Waals surface area contributed by atoms with Gasteiger partial charge in [0.2, 0.25) is 0 Å². The van der Waals surface area contributed by atoms with Crippen molar-refractivity contribution in [3.8, 4) is 0 Å². The summed E-state index contributed by atoms with van der Waals surface area (Å²) in [6.07, 6.45) is 0. The predicted molar refractivity (Wildman–Crippen MR) is 25.4 cm³/mol. The minimum absolute atomic E-state index is 0.137. The Morgan fingerprint density at radius 3 is 2.12 bits per heavy atom. The van der Waals surface area contributed by atoms with E-state index in [2.05, 4.69) is 3.83 Å². The maximum atomic E-state index is 9.79. The molecule has 0 aromatic rings. The number of rotatable bonds is 2. The SMILES string of the molecule is CC(C)(C)CO[Br+][O-]. The Morgan fingerprint density at radius 1 is 1.50 bits per heavy atom. The molecule has 8 heavy (non-hydrogen) atoms. The molecule has 0 aliphatic heterocycles. The molecule has 0 amide bonds. The van der Waals surface area contributed by atoms with Gasteiger partial charge in [0, 0.05) is 0 Å². The van der Waals surface area contributed by atoms with Gasteiger partial charge < -0.3 is 4.20 Å². The molecule has 0 N–H and O–H groups in total. The van der Waals surface area contributed by atoms with Crippen LogP contribution in [-0.4, -0.2) is 6.61 Å². The Labute approximate surface area is 57.0 Å². The summed E-state index contributed by atoms with van der Waals surface area (Å²) in [7, 11) is 0. The molecule has 0 aromatic carbocycles. The molecular formula is C5H11BrO2. The van der Waals surface area contributed by atoms with Gasteiger partial charge in [0.25, 0.3) is 0 Å². The third-order valence-electron chi connectivity index (χ3n) is 0.532. The van der Waals surface area contributed by atoms with E-state index >= 15 is 0 Å². The Hall–Kier alpha value is 0.400. The molecule has 0 fully saturated rings. The van der Waals surface area contributed by atoms with Gasteiger partial charge in [0.15, 0.2) is 0 Å². The van der Waals surface area contributed by atoms with Crippen LogP contribution in [0.5, 0.6) is 0 Å². The van der Waals surface area contributed by atoms with Crippen molar-refractivity contribution < 1.29 is 23.6 Å². The lowest BCUT2D eigenvalue weighted by molar-refractivity contribution is -1.27. The zero-order valence-electron chi connectivity index (χ0n) is 5.40. The van der Waals surface area contributed by atoms with Gasteiger partial charge >= 0.3 is 15.5 Å². The van der Waals surface area contributed by atoms with Crippen LogP contribution in [0, 0.1) is 21.0 Å². The molecular weight excluding hydrogens is 172 g/mol. The fourth-order valence-electron chi connectivity index (χ4n) is 0.186. The second-order valence-corrected chi connectivity index (χ2v) is 3.60. The van der Waals surface area contributed by atoms with Crippen LogP contribution in [0.2, 0.25) is 0 Å². The van der Waals surface area contributed by atoms with Crippen LogP contribution in [-0.2, 0) is 3.83 Å². The maximum absolute atomic E-state index is 9.79. The van der Waals surface area contributed by atoms with E-state index in [0.29, 0.717) is 6.61 Å². The van der Waals surface area contributed by atoms with Gasteiger partial charge in [-0.2, -0.15) is 0 Å². The van der Waals surface area contributed by atoms with Gasteiger partial charge in [-0.05, 0) is 5.41 Å². The minimum atomic E-state index is -0.644. The Bertz CT molecular complexity index is 57.9. The van der Waals surface area contributed by atoms with E-state index in [-0.39, 0.29) is 5.41 Å². The molecule has 0 atom stereocenters. The van der Waals surface area contributed by atoms with Crippen molar-refractivity contribution in [1.29, 1.82) is 0 Å². The van der Waals surface area contributed by atoms with Crippen LogP contribution in [0.3, 0.4) is 0 Å². The Kier molecular flexibility index (Phi) is 3.60. The van der Waals surface area contributed by atoms with Crippen molar-refractivity contribution in [1.82, 2.24) is 0 Å². The Balaban J connectivity index is 3.11. The topological polar surface area (TPSA) is 32.3 Å². The van der Waals surface area contributed by atoms with Crippen LogP contribution in [0.25, 0.3) is 0 Å². The average molecular weight is 183 g/mol. The largest absolute Gasteiger partial charge is 0.550 e. The Morgan fingerprint density at radius 2 is 2.00 bits per heavy atom. The molecule has 0 rings (SSSR count). The summed E-state index contributed by atoms with van der Waals surface area (Å²) in [5.41, 5.74) is 0.137. The van der Waals surface area contributed by atoms with E-state index in [0.717, 1.165) is 0 Å². The van der Waals surface area contributed by atoms with Gasteiger partial charge in [-0.3, -0.25) is 0 Å². The summed E-state index contributed by atoms with van der Waals surface area (Å²) in [5, 5.41) is 0.